The Morgan fingerprint density at radius 1 is 0.857 bits per heavy atom. The Morgan fingerprint density at radius 3 is 1.95 bits per heavy atom. The van der Waals surface area contributed by atoms with Crippen LogP contribution in [0.15, 0.2) is 65.4 Å². The van der Waals surface area contributed by atoms with Gasteiger partial charge in [0.2, 0.25) is 0 Å². The van der Waals surface area contributed by atoms with Gasteiger partial charge in [-0.25, -0.2) is 0 Å². The molecule has 108 valence electrons. The van der Waals surface area contributed by atoms with E-state index in [1.54, 1.807) is 22.7 Å². The van der Waals surface area contributed by atoms with Gasteiger partial charge in [-0.05, 0) is 28.5 Å². The molecule has 2 heterocycles. The third kappa shape index (κ3) is 3.41. The lowest BCUT2D eigenvalue weighted by Gasteiger charge is -2.23. The van der Waals surface area contributed by atoms with Gasteiger partial charge in [0.1, 0.15) is 0 Å². The van der Waals surface area contributed by atoms with Crippen molar-refractivity contribution in [3.8, 4) is 0 Å². The van der Waals surface area contributed by atoms with Gasteiger partial charge in [0.25, 0.3) is 0 Å². The molecule has 4 heteroatoms. The maximum absolute atomic E-state index is 9.77. The Balaban J connectivity index is 1.87. The molecule has 2 nitrogen and oxygen atoms in total. The predicted octanol–water partition coefficient (Wildman–Crippen LogP) is 4.22. The molecule has 0 unspecified atom stereocenters. The van der Waals surface area contributed by atoms with Crippen molar-refractivity contribution in [2.24, 2.45) is 0 Å². The Morgan fingerprint density at radius 2 is 1.48 bits per heavy atom. The zero-order chi connectivity index (χ0) is 14.5. The molecule has 0 spiro atoms. The summed E-state index contributed by atoms with van der Waals surface area (Å²) in [6, 6.07) is 18.6. The van der Waals surface area contributed by atoms with E-state index in [2.05, 4.69) is 40.3 Å². The van der Waals surface area contributed by atoms with Crippen LogP contribution in [-0.2, 0) is 0 Å². The highest BCUT2D eigenvalue weighted by atomic mass is 32.1. The van der Waals surface area contributed by atoms with Crippen LogP contribution in [0, 0.1) is 0 Å². The molecule has 0 aliphatic heterocycles. The third-order valence-corrected chi connectivity index (χ3v) is 5.28. The van der Waals surface area contributed by atoms with E-state index in [0.29, 0.717) is 0 Å². The van der Waals surface area contributed by atoms with Gasteiger partial charge in [-0.2, -0.15) is 0 Å². The molecule has 0 saturated heterocycles. The number of benzene rings is 1. The number of aliphatic hydroxyl groups excluding tert-OH is 1. The minimum Gasteiger partial charge on any atom is -0.394 e. The maximum Gasteiger partial charge on any atom is 0.0770 e. The second-order valence-electron chi connectivity index (χ2n) is 4.78. The summed E-state index contributed by atoms with van der Waals surface area (Å²) >= 11 is 3.48. The number of nitrogens with one attached hydrogen (secondary N) is 1. The van der Waals surface area contributed by atoms with Gasteiger partial charge in [-0.3, -0.25) is 5.32 Å². The monoisotopic (exact) mass is 315 g/mol. The van der Waals surface area contributed by atoms with Gasteiger partial charge in [-0.15, -0.1) is 22.7 Å². The lowest BCUT2D eigenvalue weighted by Crippen LogP contribution is -2.28. The topological polar surface area (TPSA) is 32.3 Å². The summed E-state index contributed by atoms with van der Waals surface area (Å²) in [5, 5.41) is 17.5. The lowest BCUT2D eigenvalue weighted by atomic mass is 10.1. The van der Waals surface area contributed by atoms with E-state index in [1.807, 2.05) is 30.3 Å². The van der Waals surface area contributed by atoms with E-state index in [0.717, 1.165) is 5.56 Å². The molecule has 0 fully saturated rings. The molecule has 21 heavy (non-hydrogen) atoms. The lowest BCUT2D eigenvalue weighted by molar-refractivity contribution is 0.239. The Bertz CT molecular complexity index is 601. The quantitative estimate of drug-likeness (QED) is 0.714. The van der Waals surface area contributed by atoms with Crippen molar-refractivity contribution < 1.29 is 5.11 Å². The van der Waals surface area contributed by atoms with Crippen molar-refractivity contribution in [3.63, 3.8) is 0 Å². The van der Waals surface area contributed by atoms with E-state index < -0.39 is 0 Å². The highest BCUT2D eigenvalue weighted by Crippen LogP contribution is 2.31. The minimum absolute atomic E-state index is 0.0691. The van der Waals surface area contributed by atoms with Crippen LogP contribution < -0.4 is 5.32 Å². The van der Waals surface area contributed by atoms with Crippen molar-refractivity contribution in [3.05, 3.63) is 80.7 Å². The Hall–Kier alpha value is -1.46. The van der Waals surface area contributed by atoms with Crippen molar-refractivity contribution in [2.45, 2.75) is 12.1 Å². The van der Waals surface area contributed by atoms with E-state index in [-0.39, 0.29) is 18.7 Å². The number of aliphatic hydroxyl groups is 1. The number of hydrogen-bond donors (Lipinski definition) is 2. The second-order valence-corrected chi connectivity index (χ2v) is 6.73. The molecule has 0 saturated carbocycles. The Kier molecular flexibility index (Phi) is 4.83. The summed E-state index contributed by atoms with van der Waals surface area (Å²) in [6.45, 7) is 0.0806. The molecule has 3 rings (SSSR count). The second kappa shape index (κ2) is 7.00. The van der Waals surface area contributed by atoms with Gasteiger partial charge in [0.05, 0.1) is 18.7 Å². The predicted molar refractivity (Wildman–Crippen MR) is 89.9 cm³/mol. The molecule has 0 bridgehead atoms. The molecule has 0 aliphatic rings. The largest absolute Gasteiger partial charge is 0.394 e. The van der Waals surface area contributed by atoms with Gasteiger partial charge < -0.3 is 5.11 Å². The number of thiophene rings is 2. The van der Waals surface area contributed by atoms with Crippen molar-refractivity contribution in [2.75, 3.05) is 6.61 Å². The van der Waals surface area contributed by atoms with E-state index in [9.17, 15) is 5.11 Å². The fraction of sp³-hybridized carbons (Fsp3) is 0.176. The average Bonchev–Trinajstić information content (AvgIpc) is 3.23. The summed E-state index contributed by atoms with van der Waals surface area (Å²) in [5.41, 5.74) is 1.11. The molecule has 2 aromatic heterocycles. The molecule has 3 aromatic rings. The van der Waals surface area contributed by atoms with Gasteiger partial charge in [-0.1, -0.05) is 42.5 Å². The third-order valence-electron chi connectivity index (χ3n) is 3.41. The Labute approximate surface area is 132 Å². The molecule has 0 radical (unpaired) electrons. The first-order chi connectivity index (χ1) is 10.4. The summed E-state index contributed by atoms with van der Waals surface area (Å²) in [6.07, 6.45) is 0. The molecule has 0 aliphatic carbocycles. The van der Waals surface area contributed by atoms with Crippen LogP contribution in [0.2, 0.25) is 0 Å². The molecular formula is C17H17NOS2. The van der Waals surface area contributed by atoms with E-state index in [1.165, 1.54) is 9.75 Å². The van der Waals surface area contributed by atoms with E-state index >= 15 is 0 Å². The molecule has 2 N–H and O–H groups in total. The zero-order valence-corrected chi connectivity index (χ0v) is 13.1. The van der Waals surface area contributed by atoms with E-state index in [4.69, 9.17) is 0 Å². The van der Waals surface area contributed by atoms with Crippen LogP contribution in [0.5, 0.6) is 0 Å². The van der Waals surface area contributed by atoms with Crippen LogP contribution >= 0.6 is 22.7 Å². The maximum atomic E-state index is 9.77. The number of hydrogen-bond acceptors (Lipinski definition) is 4. The highest BCUT2D eigenvalue weighted by molar-refractivity contribution is 7.11. The van der Waals surface area contributed by atoms with Crippen molar-refractivity contribution in [1.82, 2.24) is 5.32 Å². The van der Waals surface area contributed by atoms with Crippen molar-refractivity contribution in [1.29, 1.82) is 0 Å². The van der Waals surface area contributed by atoms with Crippen LogP contribution in [0.3, 0.4) is 0 Å². The molecule has 1 aromatic carbocycles. The van der Waals surface area contributed by atoms with Crippen molar-refractivity contribution >= 4 is 22.7 Å². The first kappa shape index (κ1) is 14.5. The minimum atomic E-state index is -0.0691. The van der Waals surface area contributed by atoms with Gasteiger partial charge in [0, 0.05) is 9.75 Å². The van der Waals surface area contributed by atoms with Gasteiger partial charge >= 0.3 is 0 Å². The summed E-state index contributed by atoms with van der Waals surface area (Å²) in [4.78, 5) is 2.54. The first-order valence-electron chi connectivity index (χ1n) is 6.87. The van der Waals surface area contributed by atoms with Crippen LogP contribution in [0.25, 0.3) is 0 Å². The van der Waals surface area contributed by atoms with Crippen LogP contribution in [0.4, 0.5) is 0 Å². The fourth-order valence-corrected chi connectivity index (χ4v) is 4.04. The average molecular weight is 315 g/mol. The molecule has 0 amide bonds. The first-order valence-corrected chi connectivity index (χ1v) is 8.63. The number of rotatable bonds is 6. The smallest absolute Gasteiger partial charge is 0.0770 e. The molecular weight excluding hydrogens is 298 g/mol. The van der Waals surface area contributed by atoms with Gasteiger partial charge in [0.15, 0.2) is 0 Å². The normalized spacial score (nSPS) is 12.7. The van der Waals surface area contributed by atoms with Crippen LogP contribution in [0.1, 0.15) is 27.4 Å². The standard InChI is InChI=1S/C17H17NOS2/c19-12-14(13-6-2-1-3-7-13)18-17(15-8-4-10-20-15)16-9-5-11-21-16/h1-11,14,17-19H,12H2/t14-/m1/s1. The molecule has 1 atom stereocenters. The zero-order valence-electron chi connectivity index (χ0n) is 11.5. The summed E-state index contributed by atoms with van der Waals surface area (Å²) in [5.74, 6) is 0. The summed E-state index contributed by atoms with van der Waals surface area (Å²) < 4.78 is 0. The highest BCUT2D eigenvalue weighted by Gasteiger charge is 2.21. The summed E-state index contributed by atoms with van der Waals surface area (Å²) in [7, 11) is 0. The van der Waals surface area contributed by atoms with Crippen LogP contribution in [-0.4, -0.2) is 11.7 Å². The fourth-order valence-electron chi connectivity index (χ4n) is 2.36. The SMILES string of the molecule is OC[C@@H](NC(c1cccs1)c1cccs1)c1ccccc1.